The summed E-state index contributed by atoms with van der Waals surface area (Å²) in [5.41, 5.74) is 0.945. The Hall–Kier alpha value is -2.66. The number of fused-ring (bicyclic) bond motifs is 1. The molecule has 0 bridgehead atoms. The van der Waals surface area contributed by atoms with Crippen molar-refractivity contribution in [3.8, 4) is 0 Å². The van der Waals surface area contributed by atoms with Gasteiger partial charge in [-0.05, 0) is 22.4 Å². The number of aliphatic hydroxyl groups excluding tert-OH is 1. The molecule has 21 heavy (non-hydrogen) atoms. The minimum absolute atomic E-state index is 0.204. The molecule has 0 saturated heterocycles. The van der Waals surface area contributed by atoms with Crippen LogP contribution in [0.2, 0.25) is 0 Å². The molecule has 1 heterocycles. The Bertz CT molecular complexity index is 794. The Kier molecular flexibility index (Phi) is 3.41. The number of hydrogen-bond donors (Lipinski definition) is 1. The van der Waals surface area contributed by atoms with E-state index >= 15 is 0 Å². The zero-order valence-corrected chi connectivity index (χ0v) is 11.1. The number of aliphatic hydroxyl groups is 1. The van der Waals surface area contributed by atoms with Gasteiger partial charge in [0.15, 0.2) is 0 Å². The molecule has 106 valence electrons. The van der Waals surface area contributed by atoms with Crippen LogP contribution in [0.1, 0.15) is 17.4 Å². The first-order valence-electron chi connectivity index (χ1n) is 6.53. The van der Waals surface area contributed by atoms with Crippen molar-refractivity contribution in [3.05, 3.63) is 76.0 Å². The van der Waals surface area contributed by atoms with Gasteiger partial charge in [0.25, 0.3) is 0 Å². The number of hydrogen-bond acceptors (Lipinski definition) is 4. The summed E-state index contributed by atoms with van der Waals surface area (Å²) in [5, 5.41) is 22.9. The van der Waals surface area contributed by atoms with Gasteiger partial charge in [-0.1, -0.05) is 42.5 Å². The lowest BCUT2D eigenvalue weighted by Gasteiger charge is -2.08. The minimum Gasteiger partial charge on any atom is -0.403 e. The van der Waals surface area contributed by atoms with E-state index in [0.29, 0.717) is 6.42 Å². The minimum atomic E-state index is -0.903. The van der Waals surface area contributed by atoms with Crippen molar-refractivity contribution >= 4 is 16.7 Å². The first kappa shape index (κ1) is 13.3. The maximum atomic E-state index is 10.6. The molecule has 5 heteroatoms. The third-order valence-corrected chi connectivity index (χ3v) is 3.36. The lowest BCUT2D eigenvalue weighted by atomic mass is 10.0. The van der Waals surface area contributed by atoms with Crippen molar-refractivity contribution in [1.82, 2.24) is 0 Å². The topological polar surface area (TPSA) is 76.5 Å². The summed E-state index contributed by atoms with van der Waals surface area (Å²) in [4.78, 5) is 9.95. The monoisotopic (exact) mass is 283 g/mol. The number of nitro groups is 1. The van der Waals surface area contributed by atoms with Gasteiger partial charge in [0.05, 0.1) is 6.07 Å². The summed E-state index contributed by atoms with van der Waals surface area (Å²) >= 11 is 0. The Morgan fingerprint density at radius 3 is 2.57 bits per heavy atom. The van der Waals surface area contributed by atoms with Crippen molar-refractivity contribution in [1.29, 1.82) is 0 Å². The third kappa shape index (κ3) is 2.78. The van der Waals surface area contributed by atoms with Crippen LogP contribution < -0.4 is 0 Å². The predicted molar refractivity (Wildman–Crippen MR) is 78.0 cm³/mol. The van der Waals surface area contributed by atoms with Gasteiger partial charge in [0, 0.05) is 6.42 Å². The standard InChI is InChI=1S/C16H13NO4/c18-14(15-7-8-16(21-15)17(19)20)10-11-5-6-12-3-1-2-4-13(12)9-11/h1-9,14,18H,10H2. The molecule has 0 radical (unpaired) electrons. The molecule has 1 unspecified atom stereocenters. The summed E-state index contributed by atoms with van der Waals surface area (Å²) < 4.78 is 5.02. The Labute approximate surface area is 120 Å². The molecule has 0 aliphatic rings. The predicted octanol–water partition coefficient (Wildman–Crippen LogP) is 3.62. The lowest BCUT2D eigenvalue weighted by Crippen LogP contribution is -2.00. The van der Waals surface area contributed by atoms with Gasteiger partial charge in [-0.25, -0.2) is 0 Å². The van der Waals surface area contributed by atoms with Gasteiger partial charge in [-0.2, -0.15) is 0 Å². The zero-order chi connectivity index (χ0) is 14.8. The van der Waals surface area contributed by atoms with E-state index < -0.39 is 11.0 Å². The van der Waals surface area contributed by atoms with Crippen LogP contribution in [0.4, 0.5) is 5.88 Å². The number of furan rings is 1. The van der Waals surface area contributed by atoms with Crippen molar-refractivity contribution < 1.29 is 14.4 Å². The first-order chi connectivity index (χ1) is 10.1. The van der Waals surface area contributed by atoms with E-state index in [4.69, 9.17) is 4.42 Å². The van der Waals surface area contributed by atoms with Gasteiger partial charge >= 0.3 is 5.88 Å². The summed E-state index contributed by atoms with van der Waals surface area (Å²) in [7, 11) is 0. The lowest BCUT2D eigenvalue weighted by molar-refractivity contribution is -0.402. The van der Waals surface area contributed by atoms with Crippen molar-refractivity contribution in [2.24, 2.45) is 0 Å². The Balaban J connectivity index is 1.81. The van der Waals surface area contributed by atoms with E-state index in [0.717, 1.165) is 16.3 Å². The van der Waals surface area contributed by atoms with E-state index in [9.17, 15) is 15.2 Å². The van der Waals surface area contributed by atoms with Crippen LogP contribution in [0.3, 0.4) is 0 Å². The van der Waals surface area contributed by atoms with Crippen molar-refractivity contribution in [3.63, 3.8) is 0 Å². The second kappa shape index (κ2) is 5.38. The second-order valence-electron chi connectivity index (χ2n) is 4.83. The summed E-state index contributed by atoms with van der Waals surface area (Å²) in [6.07, 6.45) is -0.560. The smallest absolute Gasteiger partial charge is 0.403 e. The van der Waals surface area contributed by atoms with E-state index in [1.807, 2.05) is 42.5 Å². The summed E-state index contributed by atoms with van der Waals surface area (Å²) in [6.45, 7) is 0. The van der Waals surface area contributed by atoms with Crippen LogP contribution in [-0.4, -0.2) is 10.0 Å². The van der Waals surface area contributed by atoms with Gasteiger partial charge in [0.1, 0.15) is 16.8 Å². The SMILES string of the molecule is O=[N+]([O-])c1ccc(C(O)Cc2ccc3ccccc3c2)o1. The molecule has 1 atom stereocenters. The average Bonchev–Trinajstić information content (AvgIpc) is 2.97. The quantitative estimate of drug-likeness (QED) is 0.586. The molecule has 0 amide bonds. The highest BCUT2D eigenvalue weighted by Crippen LogP contribution is 2.25. The molecule has 2 aromatic carbocycles. The number of rotatable bonds is 4. The molecule has 3 aromatic rings. The van der Waals surface area contributed by atoms with Crippen LogP contribution in [0, 0.1) is 10.1 Å². The van der Waals surface area contributed by atoms with Gasteiger partial charge < -0.3 is 9.52 Å². The highest BCUT2D eigenvalue weighted by Gasteiger charge is 2.18. The largest absolute Gasteiger partial charge is 0.433 e. The first-order valence-corrected chi connectivity index (χ1v) is 6.53. The van der Waals surface area contributed by atoms with E-state index in [1.165, 1.54) is 12.1 Å². The maximum Gasteiger partial charge on any atom is 0.433 e. The van der Waals surface area contributed by atoms with Crippen molar-refractivity contribution in [2.75, 3.05) is 0 Å². The normalized spacial score (nSPS) is 12.4. The fourth-order valence-electron chi connectivity index (χ4n) is 2.31. The molecular weight excluding hydrogens is 270 g/mol. The number of benzene rings is 2. The highest BCUT2D eigenvalue weighted by atomic mass is 16.6. The zero-order valence-electron chi connectivity index (χ0n) is 11.1. The molecular formula is C16H13NO4. The molecule has 0 saturated carbocycles. The Morgan fingerprint density at radius 1 is 1.10 bits per heavy atom. The van der Waals surface area contributed by atoms with E-state index in [-0.39, 0.29) is 11.6 Å². The molecule has 1 N–H and O–H groups in total. The molecule has 5 nitrogen and oxygen atoms in total. The van der Waals surface area contributed by atoms with Crippen LogP contribution in [-0.2, 0) is 6.42 Å². The summed E-state index contributed by atoms with van der Waals surface area (Å²) in [5.74, 6) is -0.155. The van der Waals surface area contributed by atoms with Crippen LogP contribution in [0.5, 0.6) is 0 Å². The molecule has 3 rings (SSSR count). The third-order valence-electron chi connectivity index (χ3n) is 3.36. The molecule has 0 aliphatic heterocycles. The molecule has 1 aromatic heterocycles. The van der Waals surface area contributed by atoms with Crippen LogP contribution >= 0.6 is 0 Å². The van der Waals surface area contributed by atoms with Crippen molar-refractivity contribution in [2.45, 2.75) is 12.5 Å². The van der Waals surface area contributed by atoms with E-state index in [1.54, 1.807) is 0 Å². The number of nitrogens with zero attached hydrogens (tertiary/aromatic N) is 1. The maximum absolute atomic E-state index is 10.6. The fourth-order valence-corrected chi connectivity index (χ4v) is 2.31. The van der Waals surface area contributed by atoms with Crippen LogP contribution in [0.25, 0.3) is 10.8 Å². The summed E-state index contributed by atoms with van der Waals surface area (Å²) in [6, 6.07) is 16.6. The highest BCUT2D eigenvalue weighted by molar-refractivity contribution is 5.82. The fraction of sp³-hybridized carbons (Fsp3) is 0.125. The molecule has 0 spiro atoms. The van der Waals surface area contributed by atoms with E-state index in [2.05, 4.69) is 0 Å². The second-order valence-corrected chi connectivity index (χ2v) is 4.83. The van der Waals surface area contributed by atoms with Gasteiger partial charge in [0.2, 0.25) is 0 Å². The average molecular weight is 283 g/mol. The van der Waals surface area contributed by atoms with Gasteiger partial charge in [-0.15, -0.1) is 0 Å². The molecule has 0 aliphatic carbocycles. The van der Waals surface area contributed by atoms with Gasteiger partial charge in [-0.3, -0.25) is 10.1 Å². The Morgan fingerprint density at radius 2 is 1.86 bits per heavy atom. The van der Waals surface area contributed by atoms with Crippen LogP contribution in [0.15, 0.2) is 59.0 Å². The molecule has 0 fully saturated rings.